The van der Waals surface area contributed by atoms with Crippen LogP contribution in [-0.4, -0.2) is 362 Å². The minimum Gasteiger partial charge on any atom is -0.394 e. The number of aliphatic hydroxyl groups is 19. The lowest BCUT2D eigenvalue weighted by Crippen LogP contribution is -2.70. The highest BCUT2D eigenvalue weighted by atomic mass is 16.8. The molecule has 1 aromatic rings. The van der Waals surface area contributed by atoms with E-state index in [1.54, 1.807) is 12.1 Å². The molecule has 0 radical (unpaired) electrons. The number of nitrogens with one attached hydrogen (secondary N) is 3. The van der Waals surface area contributed by atoms with Crippen LogP contribution in [0.3, 0.4) is 0 Å². The number of amides is 2. The third kappa shape index (κ3) is 16.7. The number of aliphatic hydroxyl groups excluding tert-OH is 19. The Bertz CT molecular complexity index is 2260. The molecular formula is C50H82N4O33. The Balaban J connectivity index is 1.27. The van der Waals surface area contributed by atoms with Crippen LogP contribution in [0.15, 0.2) is 24.4 Å². The van der Waals surface area contributed by atoms with E-state index < -0.39 is 254 Å². The molecule has 22 N–H and O–H groups in total. The number of anilines is 1. The average molecular weight is 1270 g/mol. The lowest BCUT2D eigenvalue weighted by atomic mass is 9.94. The summed E-state index contributed by atoms with van der Waals surface area (Å²) in [5, 5.41) is 215. The first-order valence-corrected chi connectivity index (χ1v) is 27.9. The molecule has 33 atom stereocenters. The van der Waals surface area contributed by atoms with Crippen molar-refractivity contribution >= 4 is 17.6 Å². The summed E-state index contributed by atoms with van der Waals surface area (Å²) in [6.45, 7) is -2.94. The number of pyridine rings is 1. The monoisotopic (exact) mass is 1270 g/mol. The molecule has 1 aromatic heterocycles. The van der Waals surface area contributed by atoms with Gasteiger partial charge >= 0.3 is 0 Å². The molecule has 0 aromatic carbocycles. The zero-order chi connectivity index (χ0) is 63.9. The lowest BCUT2D eigenvalue weighted by Gasteiger charge is -2.51. The van der Waals surface area contributed by atoms with E-state index in [4.69, 9.17) is 56.8 Å². The fourth-order valence-electron chi connectivity index (χ4n) is 10.6. The van der Waals surface area contributed by atoms with Crippen molar-refractivity contribution in [3.05, 3.63) is 24.4 Å². The number of rotatable bonds is 25. The largest absolute Gasteiger partial charge is 0.394 e. The molecule has 37 nitrogen and oxygen atoms in total. The molecule has 0 aliphatic carbocycles. The van der Waals surface area contributed by atoms with Gasteiger partial charge in [0.15, 0.2) is 37.7 Å². The lowest BCUT2D eigenvalue weighted by molar-refractivity contribution is -0.403. The van der Waals surface area contributed by atoms with Crippen molar-refractivity contribution < 1.29 is 163 Å². The van der Waals surface area contributed by atoms with E-state index in [0.717, 1.165) is 13.8 Å². The minimum absolute atomic E-state index is 0.233. The average Bonchev–Trinajstić information content (AvgIpc) is 1.13. The van der Waals surface area contributed by atoms with Crippen LogP contribution in [0.4, 0.5) is 5.82 Å². The van der Waals surface area contributed by atoms with Crippen molar-refractivity contribution in [2.24, 2.45) is 0 Å². The number of carbonyl (C=O) groups is 2. The first kappa shape index (κ1) is 71.1. The van der Waals surface area contributed by atoms with Crippen LogP contribution in [-0.2, 0) is 66.4 Å². The van der Waals surface area contributed by atoms with Crippen molar-refractivity contribution in [1.29, 1.82) is 0 Å². The fourth-order valence-corrected chi connectivity index (χ4v) is 10.6. The SMILES string of the molecule is CC(=O)N[C@H]1[C@H](O[C@@H]([C@H](O[C@@H]2O[C@@H](C)[C@@H](O)[C@@H](O)[C@@H]2O)[C@H](CNc2ccccn2)NC(C)=O)[C@H](O)CO)O[C@H](CO)[C@@H](O[C@@H]2O[C@H](CO[C@H]3O[C@H](CO)[C@@H](O)[C@H](O)[C@@H]3O)[C@@H](O)[C@H](O[C@H]3O[C@H](CO)[C@@H](O)[C@H](O)[C@@H]3O)[C@@H]2O[C@@H]2OC[C@@H](O)[C@H](O)[C@H]2O)[C@@H]1O. The van der Waals surface area contributed by atoms with Gasteiger partial charge in [-0.1, -0.05) is 6.07 Å². The molecule has 2 amide bonds. The van der Waals surface area contributed by atoms with Crippen molar-refractivity contribution in [1.82, 2.24) is 15.6 Å². The number of nitrogens with zero attached hydrogens (tertiary/aromatic N) is 1. The van der Waals surface area contributed by atoms with Gasteiger partial charge in [-0.15, -0.1) is 0 Å². The van der Waals surface area contributed by atoms with Gasteiger partial charge in [-0.2, -0.15) is 0 Å². The van der Waals surface area contributed by atoms with Gasteiger partial charge < -0.3 is 170 Å². The Morgan fingerprint density at radius 1 is 0.563 bits per heavy atom. The molecule has 7 rings (SSSR count). The Morgan fingerprint density at radius 2 is 1.11 bits per heavy atom. The molecule has 6 fully saturated rings. The molecule has 6 saturated heterocycles. The molecule has 87 heavy (non-hydrogen) atoms. The highest BCUT2D eigenvalue weighted by Crippen LogP contribution is 2.38. The van der Waals surface area contributed by atoms with E-state index in [2.05, 4.69) is 20.9 Å². The quantitative estimate of drug-likeness (QED) is 0.0432. The zero-order valence-corrected chi connectivity index (χ0v) is 47.0. The molecule has 37 heteroatoms. The van der Waals surface area contributed by atoms with Gasteiger partial charge in [0.2, 0.25) is 11.8 Å². The summed E-state index contributed by atoms with van der Waals surface area (Å²) in [7, 11) is 0. The van der Waals surface area contributed by atoms with Crippen LogP contribution in [0, 0.1) is 0 Å². The van der Waals surface area contributed by atoms with Gasteiger partial charge in [-0.05, 0) is 19.1 Å². The molecule has 7 heterocycles. The van der Waals surface area contributed by atoms with Gasteiger partial charge in [-0.3, -0.25) is 9.59 Å². The molecule has 6 aliphatic heterocycles. The van der Waals surface area contributed by atoms with Gasteiger partial charge in [-0.25, -0.2) is 4.98 Å². The summed E-state index contributed by atoms with van der Waals surface area (Å²) < 4.78 is 71.5. The first-order chi connectivity index (χ1) is 41.2. The standard InChI is InChI=1S/C50H82N4O33/c1-15-27(63)33(69)38(74)48(78-15)83-40(18(53-16(2)59)8-52-25-6-4-5-7-51-25)41(19(61)9-55)84-45-26(54-17(3)60)32(68)42(23(12-58)81-45)85-50-44(87-47-36(72)28(64)20(62)13-76-47)43(86-49-39(75)35(71)30(66)22(11-57)80-49)31(67)24(82-50)14-77-46-37(73)34(70)29(65)21(10-56)79-46/h4-7,15,18-24,26-50,55-58,61-75H,8-14H2,1-3H3,(H,51,52)(H,53,59)(H,54,60)/t15-,18-,19+,20+,21+,22+,23+,24+,26+,27+,28-,29+,30+,31+,32+,33+,34-,35-,36+,37-,38-,39-,40+,41+,42+,43-,44-,45-,46-,47-,48-,49+,50-/m0/s1. The van der Waals surface area contributed by atoms with E-state index >= 15 is 0 Å². The van der Waals surface area contributed by atoms with Crippen molar-refractivity contribution in [2.75, 3.05) is 51.5 Å². The molecule has 0 bridgehead atoms. The zero-order valence-electron chi connectivity index (χ0n) is 47.0. The van der Waals surface area contributed by atoms with Gasteiger partial charge in [0.05, 0.1) is 51.8 Å². The summed E-state index contributed by atoms with van der Waals surface area (Å²) in [5.74, 6) is -1.43. The molecule has 0 unspecified atom stereocenters. The first-order valence-electron chi connectivity index (χ1n) is 27.9. The van der Waals surface area contributed by atoms with Crippen LogP contribution in [0.5, 0.6) is 0 Å². The van der Waals surface area contributed by atoms with Crippen LogP contribution >= 0.6 is 0 Å². The molecule has 0 spiro atoms. The van der Waals surface area contributed by atoms with E-state index in [1.807, 2.05) is 0 Å². The second kappa shape index (κ2) is 31.8. The molecule has 6 aliphatic rings. The third-order valence-corrected chi connectivity index (χ3v) is 15.5. The van der Waals surface area contributed by atoms with E-state index in [1.165, 1.54) is 19.2 Å². The third-order valence-electron chi connectivity index (χ3n) is 15.5. The van der Waals surface area contributed by atoms with Crippen molar-refractivity contribution in [2.45, 2.75) is 223 Å². The Hall–Kier alpha value is -3.35. The summed E-state index contributed by atoms with van der Waals surface area (Å²) >= 11 is 0. The Kier molecular flexibility index (Phi) is 26.0. The van der Waals surface area contributed by atoms with Gasteiger partial charge in [0.1, 0.15) is 158 Å². The van der Waals surface area contributed by atoms with E-state index in [-0.39, 0.29) is 12.4 Å². The maximum absolute atomic E-state index is 13.2. The number of hydrogen-bond acceptors (Lipinski definition) is 35. The molecule has 0 saturated carbocycles. The second-order valence-electron chi connectivity index (χ2n) is 21.8. The van der Waals surface area contributed by atoms with Crippen LogP contribution in [0.25, 0.3) is 0 Å². The number of hydrogen-bond donors (Lipinski definition) is 22. The van der Waals surface area contributed by atoms with Crippen molar-refractivity contribution in [3.63, 3.8) is 0 Å². The summed E-state index contributed by atoms with van der Waals surface area (Å²) in [6.07, 6.45) is -59.9. The van der Waals surface area contributed by atoms with Gasteiger partial charge in [0.25, 0.3) is 0 Å². The Morgan fingerprint density at radius 3 is 1.71 bits per heavy atom. The summed E-state index contributed by atoms with van der Waals surface area (Å²) in [6, 6.07) is 1.36. The molecular weight excluding hydrogens is 1180 g/mol. The Labute approximate surface area is 494 Å². The number of aromatic nitrogens is 1. The van der Waals surface area contributed by atoms with Crippen molar-refractivity contribution in [3.8, 4) is 0 Å². The maximum Gasteiger partial charge on any atom is 0.217 e. The predicted octanol–water partition coefficient (Wildman–Crippen LogP) is -13.2. The summed E-state index contributed by atoms with van der Waals surface area (Å²) in [5.41, 5.74) is 0. The smallest absolute Gasteiger partial charge is 0.217 e. The van der Waals surface area contributed by atoms with Crippen LogP contribution < -0.4 is 16.0 Å². The topological polar surface area (TPSA) is 578 Å². The maximum atomic E-state index is 13.2. The fraction of sp³-hybridized carbons (Fsp3) is 0.860. The van der Waals surface area contributed by atoms with Crippen LogP contribution in [0.1, 0.15) is 20.8 Å². The number of ether oxygens (including phenoxy) is 12. The second-order valence-corrected chi connectivity index (χ2v) is 21.8. The predicted molar refractivity (Wildman–Crippen MR) is 275 cm³/mol. The van der Waals surface area contributed by atoms with E-state index in [0.29, 0.717) is 0 Å². The van der Waals surface area contributed by atoms with E-state index in [9.17, 15) is 107 Å². The highest BCUT2D eigenvalue weighted by Gasteiger charge is 2.58. The normalized spacial score (nSPS) is 44.2. The minimum atomic E-state index is -2.29. The highest BCUT2D eigenvalue weighted by molar-refractivity contribution is 5.73. The molecule has 500 valence electrons. The summed E-state index contributed by atoms with van der Waals surface area (Å²) in [4.78, 5) is 30.3. The van der Waals surface area contributed by atoms with Crippen LogP contribution in [0.2, 0.25) is 0 Å². The van der Waals surface area contributed by atoms with Gasteiger partial charge in [0, 0.05) is 26.6 Å². The number of carbonyl (C=O) groups excluding carboxylic acids is 2.